The van der Waals surface area contributed by atoms with Crippen LogP contribution in [0.15, 0.2) is 67.0 Å². The zero-order valence-corrected chi connectivity index (χ0v) is 13.9. The number of hydrogen-bond donors (Lipinski definition) is 2. The zero-order chi connectivity index (χ0) is 18.1. The fourth-order valence-corrected chi connectivity index (χ4v) is 3.14. The number of carbonyl (C=O) groups excluding carboxylic acids is 2. The molecule has 0 aliphatic carbocycles. The number of amides is 2. The van der Waals surface area contributed by atoms with Gasteiger partial charge in [-0.2, -0.15) is 5.10 Å². The van der Waals surface area contributed by atoms with Crippen LogP contribution in [0.4, 0.5) is 5.69 Å². The van der Waals surface area contributed by atoms with E-state index in [4.69, 9.17) is 5.73 Å². The van der Waals surface area contributed by atoms with Crippen LogP contribution in [0.25, 0.3) is 5.69 Å². The third kappa shape index (κ3) is 2.79. The second-order valence-corrected chi connectivity index (χ2v) is 6.04. The fourth-order valence-electron chi connectivity index (χ4n) is 3.14. The molecule has 3 aromatic rings. The molecule has 0 fully saturated rings. The van der Waals surface area contributed by atoms with E-state index in [0.29, 0.717) is 11.3 Å². The molecule has 3 N–H and O–H groups in total. The number of primary amides is 1. The van der Waals surface area contributed by atoms with Gasteiger partial charge in [-0.3, -0.25) is 9.59 Å². The van der Waals surface area contributed by atoms with Gasteiger partial charge in [-0.05, 0) is 24.3 Å². The summed E-state index contributed by atoms with van der Waals surface area (Å²) in [6, 6.07) is 16.8. The Kier molecular flexibility index (Phi) is 3.89. The molecule has 1 aromatic heterocycles. The Morgan fingerprint density at radius 3 is 2.62 bits per heavy atom. The molecule has 130 valence electrons. The van der Waals surface area contributed by atoms with Crippen LogP contribution in [0.2, 0.25) is 0 Å². The van der Waals surface area contributed by atoms with Crippen molar-refractivity contribution >= 4 is 17.5 Å². The van der Waals surface area contributed by atoms with E-state index in [2.05, 4.69) is 10.4 Å². The van der Waals surface area contributed by atoms with Crippen molar-refractivity contribution in [2.45, 2.75) is 6.17 Å². The van der Waals surface area contributed by atoms with E-state index in [1.54, 1.807) is 27.9 Å². The van der Waals surface area contributed by atoms with Crippen LogP contribution in [0.5, 0.6) is 0 Å². The molecular formula is C19H17N5O2. The summed E-state index contributed by atoms with van der Waals surface area (Å²) in [4.78, 5) is 25.9. The van der Waals surface area contributed by atoms with Gasteiger partial charge in [0.1, 0.15) is 6.17 Å². The lowest BCUT2D eigenvalue weighted by Crippen LogP contribution is -2.49. The van der Waals surface area contributed by atoms with Gasteiger partial charge in [-0.15, -0.1) is 0 Å². The normalized spacial score (nSPS) is 16.1. The molecule has 0 spiro atoms. The molecule has 26 heavy (non-hydrogen) atoms. The number of carbonyl (C=O) groups is 2. The minimum absolute atomic E-state index is 0.0154. The number of fused-ring (bicyclic) bond motifs is 1. The molecule has 0 saturated carbocycles. The van der Waals surface area contributed by atoms with E-state index >= 15 is 0 Å². The highest BCUT2D eigenvalue weighted by molar-refractivity contribution is 6.02. The second-order valence-electron chi connectivity index (χ2n) is 6.04. The number of aromatic nitrogens is 2. The van der Waals surface area contributed by atoms with Crippen molar-refractivity contribution in [1.29, 1.82) is 0 Å². The SMILES string of the molecule is NC(=O)CN1c2ccccc2C(=O)N[C@@H]1c1cnn(-c2ccccc2)c1. The Balaban J connectivity index is 1.74. The quantitative estimate of drug-likeness (QED) is 0.750. The average molecular weight is 347 g/mol. The van der Waals surface area contributed by atoms with Gasteiger partial charge >= 0.3 is 0 Å². The molecule has 1 aliphatic heterocycles. The van der Waals surface area contributed by atoms with Crippen LogP contribution < -0.4 is 16.0 Å². The van der Waals surface area contributed by atoms with E-state index in [-0.39, 0.29) is 12.5 Å². The molecule has 1 aliphatic rings. The molecule has 0 bridgehead atoms. The maximum absolute atomic E-state index is 12.5. The molecule has 1 atom stereocenters. The van der Waals surface area contributed by atoms with Crippen LogP contribution in [0.3, 0.4) is 0 Å². The highest BCUT2D eigenvalue weighted by Gasteiger charge is 2.33. The van der Waals surface area contributed by atoms with Gasteiger partial charge in [-0.1, -0.05) is 30.3 Å². The summed E-state index contributed by atoms with van der Waals surface area (Å²) >= 11 is 0. The molecule has 0 radical (unpaired) electrons. The first kappa shape index (κ1) is 15.9. The minimum Gasteiger partial charge on any atom is -0.368 e. The lowest BCUT2D eigenvalue weighted by molar-refractivity contribution is -0.116. The topological polar surface area (TPSA) is 93.2 Å². The van der Waals surface area contributed by atoms with Crippen molar-refractivity contribution in [1.82, 2.24) is 15.1 Å². The third-order valence-corrected chi connectivity index (χ3v) is 4.30. The highest BCUT2D eigenvalue weighted by Crippen LogP contribution is 2.32. The van der Waals surface area contributed by atoms with Gasteiger partial charge in [0.05, 0.1) is 29.7 Å². The number of benzene rings is 2. The number of anilines is 1. The van der Waals surface area contributed by atoms with Crippen molar-refractivity contribution in [2.24, 2.45) is 5.73 Å². The molecular weight excluding hydrogens is 330 g/mol. The third-order valence-electron chi connectivity index (χ3n) is 4.30. The molecule has 2 amide bonds. The van der Waals surface area contributed by atoms with Gasteiger partial charge in [0.25, 0.3) is 5.91 Å². The van der Waals surface area contributed by atoms with Gasteiger partial charge in [0, 0.05) is 11.8 Å². The molecule has 2 aromatic carbocycles. The Labute approximate surface area is 150 Å². The summed E-state index contributed by atoms with van der Waals surface area (Å²) in [5.41, 5.74) is 8.29. The van der Waals surface area contributed by atoms with Crippen molar-refractivity contribution < 1.29 is 9.59 Å². The zero-order valence-electron chi connectivity index (χ0n) is 13.9. The standard InChI is InChI=1S/C19H17N5O2/c20-17(25)12-23-16-9-5-4-8-15(16)19(26)22-18(23)13-10-21-24(11-13)14-6-2-1-3-7-14/h1-11,18H,12H2,(H2,20,25)(H,22,26)/t18-/m0/s1. The molecule has 7 nitrogen and oxygen atoms in total. The van der Waals surface area contributed by atoms with E-state index in [1.807, 2.05) is 48.7 Å². The second kappa shape index (κ2) is 6.36. The van der Waals surface area contributed by atoms with Crippen molar-refractivity contribution in [3.05, 3.63) is 78.1 Å². The van der Waals surface area contributed by atoms with Crippen LogP contribution in [0.1, 0.15) is 22.1 Å². The summed E-state index contributed by atoms with van der Waals surface area (Å²) in [5, 5.41) is 7.31. The molecule has 7 heteroatoms. The number of hydrogen-bond acceptors (Lipinski definition) is 4. The van der Waals surface area contributed by atoms with Crippen LogP contribution in [-0.4, -0.2) is 28.1 Å². The van der Waals surface area contributed by atoms with Crippen LogP contribution >= 0.6 is 0 Å². The summed E-state index contributed by atoms with van der Waals surface area (Å²) in [6.45, 7) is -0.0154. The summed E-state index contributed by atoms with van der Waals surface area (Å²) in [7, 11) is 0. The van der Waals surface area contributed by atoms with Gasteiger partial charge in [0.2, 0.25) is 5.91 Å². The summed E-state index contributed by atoms with van der Waals surface area (Å²) in [6.07, 6.45) is 2.99. The molecule has 4 rings (SSSR count). The number of rotatable bonds is 4. The first-order valence-corrected chi connectivity index (χ1v) is 8.18. The molecule has 0 saturated heterocycles. The van der Waals surface area contributed by atoms with Gasteiger partial charge in [-0.25, -0.2) is 4.68 Å². The predicted molar refractivity (Wildman–Crippen MR) is 96.8 cm³/mol. The number of nitrogens with two attached hydrogens (primary N) is 1. The maximum Gasteiger partial charge on any atom is 0.255 e. The largest absolute Gasteiger partial charge is 0.368 e. The van der Waals surface area contributed by atoms with Gasteiger partial charge in [0.15, 0.2) is 0 Å². The number of nitrogens with zero attached hydrogens (tertiary/aromatic N) is 3. The maximum atomic E-state index is 12.5. The van der Waals surface area contributed by atoms with Crippen molar-refractivity contribution in [3.63, 3.8) is 0 Å². The average Bonchev–Trinajstić information content (AvgIpc) is 3.14. The first-order valence-electron chi connectivity index (χ1n) is 8.18. The van der Waals surface area contributed by atoms with Crippen LogP contribution in [0, 0.1) is 0 Å². The fraction of sp³-hybridized carbons (Fsp3) is 0.105. The van der Waals surface area contributed by atoms with Crippen LogP contribution in [-0.2, 0) is 4.79 Å². The Bertz CT molecular complexity index is 967. The highest BCUT2D eigenvalue weighted by atomic mass is 16.2. The Morgan fingerprint density at radius 2 is 1.85 bits per heavy atom. The first-order chi connectivity index (χ1) is 12.6. The lowest BCUT2D eigenvalue weighted by Gasteiger charge is -2.37. The summed E-state index contributed by atoms with van der Waals surface area (Å²) in [5.74, 6) is -0.671. The van der Waals surface area contributed by atoms with E-state index < -0.39 is 12.1 Å². The lowest BCUT2D eigenvalue weighted by atomic mass is 10.0. The van der Waals surface area contributed by atoms with Gasteiger partial charge < -0.3 is 16.0 Å². The molecule has 0 unspecified atom stereocenters. The van der Waals surface area contributed by atoms with E-state index in [9.17, 15) is 9.59 Å². The number of nitrogens with one attached hydrogen (secondary N) is 1. The predicted octanol–water partition coefficient (Wildman–Crippen LogP) is 1.61. The van der Waals surface area contributed by atoms with Crippen molar-refractivity contribution in [3.8, 4) is 5.69 Å². The summed E-state index contributed by atoms with van der Waals surface area (Å²) < 4.78 is 1.73. The minimum atomic E-state index is -0.526. The van der Waals surface area contributed by atoms with E-state index in [0.717, 1.165) is 11.3 Å². The van der Waals surface area contributed by atoms with Crippen molar-refractivity contribution in [2.75, 3.05) is 11.4 Å². The monoisotopic (exact) mass is 347 g/mol. The van der Waals surface area contributed by atoms with E-state index in [1.165, 1.54) is 0 Å². The molecule has 2 heterocycles. The smallest absolute Gasteiger partial charge is 0.255 e. The Morgan fingerprint density at radius 1 is 1.12 bits per heavy atom. The number of para-hydroxylation sites is 2. The Hall–Kier alpha value is -3.61.